The van der Waals surface area contributed by atoms with Crippen LogP contribution in [0.1, 0.15) is 22.8 Å². The highest BCUT2D eigenvalue weighted by Gasteiger charge is 2.13. The second-order valence-corrected chi connectivity index (χ2v) is 6.87. The molecule has 28 heavy (non-hydrogen) atoms. The SMILES string of the molecule is CCOc1ccccc1C(=O)NC(=S)NNC(=O)COc1ccc(C)cc1Br. The molecule has 0 heterocycles. The van der Waals surface area contributed by atoms with E-state index in [1.54, 1.807) is 30.3 Å². The van der Waals surface area contributed by atoms with E-state index in [1.807, 2.05) is 26.0 Å². The van der Waals surface area contributed by atoms with Crippen molar-refractivity contribution in [1.29, 1.82) is 0 Å². The summed E-state index contributed by atoms with van der Waals surface area (Å²) in [6, 6.07) is 12.3. The maximum atomic E-state index is 12.3. The van der Waals surface area contributed by atoms with Crippen molar-refractivity contribution in [3.63, 3.8) is 0 Å². The van der Waals surface area contributed by atoms with Crippen molar-refractivity contribution in [2.24, 2.45) is 0 Å². The minimum atomic E-state index is -0.459. The summed E-state index contributed by atoms with van der Waals surface area (Å²) in [6.45, 7) is 3.99. The molecule has 148 valence electrons. The van der Waals surface area contributed by atoms with Gasteiger partial charge in [-0.15, -0.1) is 0 Å². The van der Waals surface area contributed by atoms with Gasteiger partial charge in [0.2, 0.25) is 0 Å². The maximum Gasteiger partial charge on any atom is 0.276 e. The summed E-state index contributed by atoms with van der Waals surface area (Å²) in [7, 11) is 0. The minimum absolute atomic E-state index is 0.0545. The zero-order chi connectivity index (χ0) is 20.5. The molecule has 0 bridgehead atoms. The number of hydrogen-bond donors (Lipinski definition) is 3. The highest BCUT2D eigenvalue weighted by Crippen LogP contribution is 2.25. The highest BCUT2D eigenvalue weighted by molar-refractivity contribution is 9.10. The average molecular weight is 466 g/mol. The van der Waals surface area contributed by atoms with E-state index < -0.39 is 11.8 Å². The fourth-order valence-corrected chi connectivity index (χ4v) is 2.92. The van der Waals surface area contributed by atoms with Gasteiger partial charge in [0.1, 0.15) is 11.5 Å². The van der Waals surface area contributed by atoms with Gasteiger partial charge in [0, 0.05) is 0 Å². The molecule has 0 aliphatic carbocycles. The van der Waals surface area contributed by atoms with Crippen molar-refractivity contribution < 1.29 is 19.1 Å². The Hall–Kier alpha value is -2.65. The molecule has 0 aromatic heterocycles. The van der Waals surface area contributed by atoms with Crippen molar-refractivity contribution in [3.8, 4) is 11.5 Å². The molecule has 0 saturated carbocycles. The molecule has 0 aliphatic heterocycles. The number of hydrogen-bond acceptors (Lipinski definition) is 5. The lowest BCUT2D eigenvalue weighted by molar-refractivity contribution is -0.123. The third-order valence-electron chi connectivity index (χ3n) is 3.42. The summed E-state index contributed by atoms with van der Waals surface area (Å²) in [5, 5.41) is 2.42. The van der Waals surface area contributed by atoms with Gasteiger partial charge in [0.15, 0.2) is 11.7 Å². The Kier molecular flexibility index (Phi) is 8.21. The molecule has 2 amide bonds. The predicted octanol–water partition coefficient (Wildman–Crippen LogP) is 2.87. The van der Waals surface area contributed by atoms with E-state index in [9.17, 15) is 9.59 Å². The normalized spacial score (nSPS) is 9.96. The van der Waals surface area contributed by atoms with Crippen molar-refractivity contribution in [3.05, 3.63) is 58.1 Å². The Morgan fingerprint density at radius 1 is 1.07 bits per heavy atom. The van der Waals surface area contributed by atoms with Gasteiger partial charge < -0.3 is 9.47 Å². The quantitative estimate of drug-likeness (QED) is 0.448. The number of carbonyl (C=O) groups excluding carboxylic acids is 2. The number of ether oxygens (including phenoxy) is 2. The van der Waals surface area contributed by atoms with Gasteiger partial charge >= 0.3 is 0 Å². The average Bonchev–Trinajstić information content (AvgIpc) is 2.66. The summed E-state index contributed by atoms with van der Waals surface area (Å²) in [5.41, 5.74) is 6.23. The van der Waals surface area contributed by atoms with Crippen LogP contribution in [-0.2, 0) is 4.79 Å². The largest absolute Gasteiger partial charge is 0.493 e. The summed E-state index contributed by atoms with van der Waals surface area (Å²) < 4.78 is 11.6. The number of halogens is 1. The first kappa shape index (κ1) is 21.6. The van der Waals surface area contributed by atoms with Crippen LogP contribution in [0.3, 0.4) is 0 Å². The van der Waals surface area contributed by atoms with Gasteiger partial charge in [-0.05, 0) is 71.8 Å². The molecular weight excluding hydrogens is 446 g/mol. The monoisotopic (exact) mass is 465 g/mol. The van der Waals surface area contributed by atoms with Crippen LogP contribution in [0.5, 0.6) is 11.5 Å². The molecule has 0 aliphatic rings. The third kappa shape index (κ3) is 6.50. The van der Waals surface area contributed by atoms with Crippen LogP contribution in [0.2, 0.25) is 0 Å². The topological polar surface area (TPSA) is 88.7 Å². The van der Waals surface area contributed by atoms with Crippen molar-refractivity contribution >= 4 is 45.1 Å². The summed E-state index contributed by atoms with van der Waals surface area (Å²) in [5.74, 6) is 0.0880. The van der Waals surface area contributed by atoms with E-state index in [0.717, 1.165) is 10.0 Å². The first-order chi connectivity index (χ1) is 13.4. The van der Waals surface area contributed by atoms with Crippen LogP contribution in [0, 0.1) is 6.92 Å². The van der Waals surface area contributed by atoms with Gasteiger partial charge in [-0.1, -0.05) is 18.2 Å². The number of benzene rings is 2. The first-order valence-corrected chi connectivity index (χ1v) is 9.61. The molecule has 3 N–H and O–H groups in total. The van der Waals surface area contributed by atoms with Crippen LogP contribution < -0.4 is 25.6 Å². The van der Waals surface area contributed by atoms with Crippen LogP contribution in [0.4, 0.5) is 0 Å². The second-order valence-electron chi connectivity index (χ2n) is 5.61. The number of aryl methyl sites for hydroxylation is 1. The van der Waals surface area contributed by atoms with E-state index in [4.69, 9.17) is 21.7 Å². The summed E-state index contributed by atoms with van der Waals surface area (Å²) >= 11 is 8.40. The lowest BCUT2D eigenvalue weighted by Gasteiger charge is -2.13. The molecule has 2 aromatic rings. The lowest BCUT2D eigenvalue weighted by Crippen LogP contribution is -2.49. The van der Waals surface area contributed by atoms with Crippen LogP contribution in [-0.4, -0.2) is 30.1 Å². The molecule has 0 fully saturated rings. The molecular formula is C19H20BrN3O4S. The second kappa shape index (κ2) is 10.6. The Morgan fingerprint density at radius 2 is 1.82 bits per heavy atom. The van der Waals surface area contributed by atoms with E-state index >= 15 is 0 Å². The van der Waals surface area contributed by atoms with Crippen LogP contribution in [0.25, 0.3) is 0 Å². The highest BCUT2D eigenvalue weighted by atomic mass is 79.9. The Morgan fingerprint density at radius 3 is 2.54 bits per heavy atom. The van der Waals surface area contributed by atoms with Crippen molar-refractivity contribution in [1.82, 2.24) is 16.2 Å². The number of para-hydroxylation sites is 1. The van der Waals surface area contributed by atoms with E-state index in [0.29, 0.717) is 23.7 Å². The zero-order valence-corrected chi connectivity index (χ0v) is 17.8. The van der Waals surface area contributed by atoms with Gasteiger partial charge in [0.05, 0.1) is 16.6 Å². The number of nitrogens with one attached hydrogen (secondary N) is 3. The van der Waals surface area contributed by atoms with Crippen molar-refractivity contribution in [2.75, 3.05) is 13.2 Å². The Labute approximate surface area is 176 Å². The van der Waals surface area contributed by atoms with Crippen molar-refractivity contribution in [2.45, 2.75) is 13.8 Å². The Balaban J connectivity index is 1.80. The standard InChI is InChI=1S/C19H20BrN3O4S/c1-3-26-15-7-5-4-6-13(15)18(25)21-19(28)23-22-17(24)11-27-16-9-8-12(2)10-14(16)20/h4-10H,3,11H2,1-2H3,(H,22,24)(H2,21,23,25,28). The molecule has 0 radical (unpaired) electrons. The van der Waals surface area contributed by atoms with Crippen LogP contribution >= 0.6 is 28.1 Å². The minimum Gasteiger partial charge on any atom is -0.493 e. The van der Waals surface area contributed by atoms with E-state index in [1.165, 1.54) is 0 Å². The summed E-state index contributed by atoms with van der Waals surface area (Å²) in [6.07, 6.45) is 0. The number of carbonyl (C=O) groups is 2. The Bertz CT molecular complexity index is 876. The molecule has 9 heteroatoms. The van der Waals surface area contributed by atoms with Crippen LogP contribution in [0.15, 0.2) is 46.9 Å². The first-order valence-electron chi connectivity index (χ1n) is 8.41. The fraction of sp³-hybridized carbons (Fsp3) is 0.211. The van der Waals surface area contributed by atoms with Gasteiger partial charge in [-0.3, -0.25) is 25.8 Å². The molecule has 0 atom stereocenters. The number of rotatable bonds is 6. The smallest absolute Gasteiger partial charge is 0.276 e. The number of amides is 2. The van der Waals surface area contributed by atoms with Gasteiger partial charge in [-0.2, -0.15) is 0 Å². The fourth-order valence-electron chi connectivity index (χ4n) is 2.17. The molecule has 2 rings (SSSR count). The third-order valence-corrected chi connectivity index (χ3v) is 4.24. The van der Waals surface area contributed by atoms with E-state index in [2.05, 4.69) is 32.1 Å². The molecule has 2 aromatic carbocycles. The zero-order valence-electron chi connectivity index (χ0n) is 15.4. The number of thiocarbonyl (C=S) groups is 1. The summed E-state index contributed by atoms with van der Waals surface area (Å²) in [4.78, 5) is 24.2. The molecule has 0 spiro atoms. The molecule has 0 unspecified atom stereocenters. The van der Waals surface area contributed by atoms with E-state index in [-0.39, 0.29) is 11.7 Å². The molecule has 0 saturated heterocycles. The number of hydrazine groups is 1. The molecule has 7 nitrogen and oxygen atoms in total. The predicted molar refractivity (Wildman–Crippen MR) is 113 cm³/mol. The lowest BCUT2D eigenvalue weighted by atomic mass is 10.2. The maximum absolute atomic E-state index is 12.3. The van der Waals surface area contributed by atoms with Gasteiger partial charge in [-0.25, -0.2) is 0 Å². The van der Waals surface area contributed by atoms with Gasteiger partial charge in [0.25, 0.3) is 11.8 Å².